The first-order chi connectivity index (χ1) is 10.0. The minimum atomic E-state index is 0.0492. The highest BCUT2D eigenvalue weighted by molar-refractivity contribution is 7.13. The topological polar surface area (TPSA) is 56.0 Å². The average molecular weight is 302 g/mol. The molecule has 0 radical (unpaired) electrons. The number of carbonyl (C=O) groups excluding carboxylic acids is 1. The van der Waals surface area contributed by atoms with Crippen molar-refractivity contribution in [3.63, 3.8) is 0 Å². The number of nitrogens with zero attached hydrogens (tertiary/aromatic N) is 1. The van der Waals surface area contributed by atoms with Crippen LogP contribution in [0.5, 0.6) is 0 Å². The van der Waals surface area contributed by atoms with Crippen LogP contribution >= 0.6 is 11.3 Å². The first-order valence-corrected chi connectivity index (χ1v) is 7.90. The Kier molecular flexibility index (Phi) is 6.82. The number of ketones is 1. The van der Waals surface area contributed by atoms with Gasteiger partial charge in [-0.05, 0) is 25.5 Å². The van der Waals surface area contributed by atoms with Crippen molar-refractivity contribution >= 4 is 28.3 Å². The predicted molar refractivity (Wildman–Crippen MR) is 92.6 cm³/mol. The van der Waals surface area contributed by atoms with Gasteiger partial charge in [-0.25, -0.2) is 4.98 Å². The summed E-state index contributed by atoms with van der Waals surface area (Å²) in [4.78, 5) is 15.9. The van der Waals surface area contributed by atoms with Crippen molar-refractivity contribution in [2.24, 2.45) is 0 Å². The van der Waals surface area contributed by atoms with E-state index in [4.69, 9.17) is 5.73 Å². The Morgan fingerprint density at radius 2 is 2.05 bits per heavy atom. The van der Waals surface area contributed by atoms with Crippen LogP contribution in [0.15, 0.2) is 29.7 Å². The second kappa shape index (κ2) is 8.37. The summed E-state index contributed by atoms with van der Waals surface area (Å²) in [6.07, 6.45) is 5.10. The summed E-state index contributed by atoms with van der Waals surface area (Å²) in [6, 6.07) is 5.75. The molecule has 0 spiro atoms. The molecule has 1 aromatic carbocycles. The third-order valence-corrected chi connectivity index (χ3v) is 3.27. The lowest BCUT2D eigenvalue weighted by atomic mass is 9.99. The van der Waals surface area contributed by atoms with Gasteiger partial charge < -0.3 is 5.73 Å². The molecule has 4 heteroatoms. The number of rotatable bonds is 3. The van der Waals surface area contributed by atoms with Gasteiger partial charge in [0.2, 0.25) is 0 Å². The number of benzene rings is 1. The Balaban J connectivity index is 0.000000677. The molecule has 0 aliphatic carbocycles. The maximum atomic E-state index is 11.7. The quantitative estimate of drug-likeness (QED) is 0.808. The normalized spacial score (nSPS) is 10.3. The van der Waals surface area contributed by atoms with Crippen LogP contribution in [0.25, 0.3) is 17.3 Å². The highest BCUT2D eigenvalue weighted by atomic mass is 32.1. The van der Waals surface area contributed by atoms with Crippen LogP contribution < -0.4 is 5.73 Å². The molecule has 21 heavy (non-hydrogen) atoms. The molecular formula is C17H22N2OS. The van der Waals surface area contributed by atoms with Crippen LogP contribution in [0.2, 0.25) is 0 Å². The summed E-state index contributed by atoms with van der Waals surface area (Å²) in [7, 11) is 0. The summed E-state index contributed by atoms with van der Waals surface area (Å²) >= 11 is 1.40. The highest BCUT2D eigenvalue weighted by Gasteiger charge is 2.09. The van der Waals surface area contributed by atoms with Crippen molar-refractivity contribution < 1.29 is 4.79 Å². The molecule has 112 valence electrons. The van der Waals surface area contributed by atoms with E-state index in [0.29, 0.717) is 10.7 Å². The third kappa shape index (κ3) is 4.83. The van der Waals surface area contributed by atoms with Crippen molar-refractivity contribution in [3.05, 3.63) is 40.8 Å². The SMILES string of the molecule is C/C=C\c1ccc(-c2csc(N)n2)cc1C(C)=O.CCC. The molecular weight excluding hydrogens is 280 g/mol. The zero-order valence-electron chi connectivity index (χ0n) is 13.0. The Hall–Kier alpha value is -1.94. The van der Waals surface area contributed by atoms with E-state index in [9.17, 15) is 4.79 Å². The zero-order valence-corrected chi connectivity index (χ0v) is 13.8. The molecule has 2 aromatic rings. The van der Waals surface area contributed by atoms with E-state index < -0.39 is 0 Å². The van der Waals surface area contributed by atoms with E-state index in [0.717, 1.165) is 16.8 Å². The molecule has 0 saturated carbocycles. The van der Waals surface area contributed by atoms with E-state index in [1.807, 2.05) is 42.7 Å². The van der Waals surface area contributed by atoms with Crippen LogP contribution in [-0.2, 0) is 0 Å². The molecule has 0 unspecified atom stereocenters. The molecule has 2 N–H and O–H groups in total. The summed E-state index contributed by atoms with van der Waals surface area (Å²) in [5.41, 5.74) is 8.98. The van der Waals surface area contributed by atoms with Gasteiger partial charge in [-0.3, -0.25) is 4.79 Å². The molecule has 0 atom stereocenters. The first kappa shape index (κ1) is 17.1. The largest absolute Gasteiger partial charge is 0.375 e. The summed E-state index contributed by atoms with van der Waals surface area (Å²) < 4.78 is 0. The number of anilines is 1. The molecule has 0 aliphatic rings. The van der Waals surface area contributed by atoms with Crippen molar-refractivity contribution in [2.45, 2.75) is 34.1 Å². The van der Waals surface area contributed by atoms with Gasteiger partial charge in [0, 0.05) is 16.5 Å². The highest BCUT2D eigenvalue weighted by Crippen LogP contribution is 2.26. The molecule has 0 bridgehead atoms. The lowest BCUT2D eigenvalue weighted by Gasteiger charge is -2.05. The van der Waals surface area contributed by atoms with Crippen molar-refractivity contribution in [3.8, 4) is 11.3 Å². The number of nitrogens with two attached hydrogens (primary N) is 1. The van der Waals surface area contributed by atoms with Crippen LogP contribution in [-0.4, -0.2) is 10.8 Å². The number of hydrogen-bond donors (Lipinski definition) is 1. The number of nitrogen functional groups attached to an aromatic ring is 1. The van der Waals surface area contributed by atoms with Crippen LogP contribution in [0, 0.1) is 0 Å². The van der Waals surface area contributed by atoms with Gasteiger partial charge in [-0.15, -0.1) is 11.3 Å². The number of thiazole rings is 1. The van der Waals surface area contributed by atoms with Crippen molar-refractivity contribution in [1.29, 1.82) is 0 Å². The van der Waals surface area contributed by atoms with Gasteiger partial charge in [-0.1, -0.05) is 44.6 Å². The lowest BCUT2D eigenvalue weighted by molar-refractivity contribution is 0.101. The van der Waals surface area contributed by atoms with Crippen LogP contribution in [0.3, 0.4) is 0 Å². The zero-order chi connectivity index (χ0) is 15.8. The second-order valence-corrected chi connectivity index (χ2v) is 5.53. The summed E-state index contributed by atoms with van der Waals surface area (Å²) in [6.45, 7) is 7.75. The van der Waals surface area contributed by atoms with Gasteiger partial charge in [0.25, 0.3) is 0 Å². The number of aromatic nitrogens is 1. The molecule has 0 aliphatic heterocycles. The van der Waals surface area contributed by atoms with Gasteiger partial charge in [0.05, 0.1) is 5.69 Å². The van der Waals surface area contributed by atoms with Gasteiger partial charge in [-0.2, -0.15) is 0 Å². The molecule has 3 nitrogen and oxygen atoms in total. The number of carbonyl (C=O) groups is 1. The van der Waals surface area contributed by atoms with Gasteiger partial charge in [0.15, 0.2) is 10.9 Å². The molecule has 0 saturated heterocycles. The first-order valence-electron chi connectivity index (χ1n) is 7.02. The fraction of sp³-hybridized carbons (Fsp3) is 0.294. The molecule has 2 rings (SSSR count). The predicted octanol–water partition coefficient (Wildman–Crippen LogP) is 5.04. The molecule has 1 heterocycles. The van der Waals surface area contributed by atoms with Gasteiger partial charge in [0.1, 0.15) is 0 Å². The van der Waals surface area contributed by atoms with E-state index in [1.165, 1.54) is 17.8 Å². The summed E-state index contributed by atoms with van der Waals surface area (Å²) in [5.74, 6) is 0.0492. The number of allylic oxidation sites excluding steroid dienone is 1. The van der Waals surface area contributed by atoms with Crippen LogP contribution in [0.1, 0.15) is 50.0 Å². The summed E-state index contributed by atoms with van der Waals surface area (Å²) in [5, 5.41) is 2.43. The lowest BCUT2D eigenvalue weighted by Crippen LogP contribution is -1.96. The Morgan fingerprint density at radius 1 is 1.38 bits per heavy atom. The van der Waals surface area contributed by atoms with E-state index in [-0.39, 0.29) is 5.78 Å². The number of Topliss-reactive ketones (excluding diaryl/α,β-unsaturated/α-hetero) is 1. The third-order valence-electron chi connectivity index (χ3n) is 2.60. The fourth-order valence-electron chi connectivity index (χ4n) is 1.77. The van der Waals surface area contributed by atoms with E-state index >= 15 is 0 Å². The van der Waals surface area contributed by atoms with Gasteiger partial charge >= 0.3 is 0 Å². The molecule has 0 amide bonds. The minimum absolute atomic E-state index is 0.0492. The molecule has 0 fully saturated rings. The van der Waals surface area contributed by atoms with Crippen LogP contribution in [0.4, 0.5) is 5.13 Å². The fourth-order valence-corrected chi connectivity index (χ4v) is 2.34. The maximum Gasteiger partial charge on any atom is 0.180 e. The Morgan fingerprint density at radius 3 is 2.52 bits per heavy atom. The smallest absolute Gasteiger partial charge is 0.180 e. The van der Waals surface area contributed by atoms with E-state index in [2.05, 4.69) is 18.8 Å². The minimum Gasteiger partial charge on any atom is -0.375 e. The molecule has 1 aromatic heterocycles. The number of hydrogen-bond acceptors (Lipinski definition) is 4. The monoisotopic (exact) mass is 302 g/mol. The Labute approximate surface area is 130 Å². The second-order valence-electron chi connectivity index (χ2n) is 4.64. The maximum absolute atomic E-state index is 11.7. The average Bonchev–Trinajstić information content (AvgIpc) is 2.87. The van der Waals surface area contributed by atoms with E-state index in [1.54, 1.807) is 6.92 Å². The Bertz CT molecular complexity index is 629. The van der Waals surface area contributed by atoms with Crippen molar-refractivity contribution in [2.75, 3.05) is 5.73 Å². The van der Waals surface area contributed by atoms with Crippen molar-refractivity contribution in [1.82, 2.24) is 4.98 Å². The standard InChI is InChI=1S/C14H14N2OS.C3H8/c1-3-4-10-5-6-11(7-12(10)9(2)17)13-8-18-14(15)16-13;1-3-2/h3-8H,1-2H3,(H2,15,16);3H2,1-2H3/b4-3-;.